The van der Waals surface area contributed by atoms with Crippen molar-refractivity contribution in [3.8, 4) is 5.75 Å². The van der Waals surface area contributed by atoms with E-state index >= 15 is 0 Å². The van der Waals surface area contributed by atoms with Gasteiger partial charge in [0, 0.05) is 0 Å². The van der Waals surface area contributed by atoms with Crippen LogP contribution in [0.5, 0.6) is 5.75 Å². The Morgan fingerprint density at radius 2 is 2.12 bits per heavy atom. The van der Waals surface area contributed by atoms with E-state index in [0.29, 0.717) is 5.56 Å². The van der Waals surface area contributed by atoms with E-state index in [1.807, 2.05) is 0 Å². The van der Waals surface area contributed by atoms with Gasteiger partial charge in [-0.05, 0) is 29.5 Å². The molecular weight excluding hydrogens is 250 g/mol. The van der Waals surface area contributed by atoms with Gasteiger partial charge in [-0.3, -0.25) is 14.9 Å². The predicted octanol–water partition coefficient (Wildman–Crippen LogP) is 2.37. The average Bonchev–Trinajstić information content (AvgIpc) is 2.53. The molecule has 82 valence electrons. The lowest BCUT2D eigenvalue weighted by molar-refractivity contribution is -0.115. The zero-order valence-corrected chi connectivity index (χ0v) is 9.43. The standard InChI is InChI=1S/C10H6ClNO3S/c11-8-5(2-1-3-6(8)13)4-7-9(14)12-10(15)16-7/h1-4,13H,(H,12,14,15)/b7-4-. The maximum atomic E-state index is 11.3. The molecule has 0 saturated carbocycles. The third-order valence-corrected chi connectivity index (χ3v) is 3.16. The smallest absolute Gasteiger partial charge is 0.290 e. The fraction of sp³-hybridized carbons (Fsp3) is 0. The van der Waals surface area contributed by atoms with Gasteiger partial charge in [0.1, 0.15) is 5.75 Å². The largest absolute Gasteiger partial charge is 0.506 e. The first-order valence-electron chi connectivity index (χ1n) is 4.30. The minimum absolute atomic E-state index is 0.0641. The fourth-order valence-electron chi connectivity index (χ4n) is 1.21. The Labute approximate surface area is 100 Å². The van der Waals surface area contributed by atoms with Crippen LogP contribution < -0.4 is 5.32 Å². The number of hydrogen-bond acceptors (Lipinski definition) is 4. The van der Waals surface area contributed by atoms with Crippen LogP contribution in [0.15, 0.2) is 23.1 Å². The molecule has 1 heterocycles. The van der Waals surface area contributed by atoms with Crippen molar-refractivity contribution in [2.24, 2.45) is 0 Å². The molecule has 1 aliphatic rings. The van der Waals surface area contributed by atoms with Gasteiger partial charge in [0.05, 0.1) is 9.93 Å². The van der Waals surface area contributed by atoms with Crippen LogP contribution in [-0.2, 0) is 4.79 Å². The monoisotopic (exact) mass is 255 g/mol. The van der Waals surface area contributed by atoms with E-state index in [9.17, 15) is 14.7 Å². The molecule has 0 bridgehead atoms. The lowest BCUT2D eigenvalue weighted by Gasteiger charge is -2.00. The molecule has 1 aliphatic heterocycles. The second-order valence-corrected chi connectivity index (χ2v) is 4.43. The number of nitrogens with one attached hydrogen (secondary N) is 1. The third kappa shape index (κ3) is 2.05. The molecule has 2 N–H and O–H groups in total. The van der Waals surface area contributed by atoms with Gasteiger partial charge in [-0.25, -0.2) is 0 Å². The number of phenols is 1. The summed E-state index contributed by atoms with van der Waals surface area (Å²) in [6.07, 6.45) is 1.47. The highest BCUT2D eigenvalue weighted by Crippen LogP contribution is 2.31. The Balaban J connectivity index is 2.40. The third-order valence-electron chi connectivity index (χ3n) is 1.94. The Morgan fingerprint density at radius 3 is 2.75 bits per heavy atom. The van der Waals surface area contributed by atoms with Crippen LogP contribution in [0.2, 0.25) is 5.02 Å². The van der Waals surface area contributed by atoms with Crippen molar-refractivity contribution in [3.05, 3.63) is 33.7 Å². The Morgan fingerprint density at radius 1 is 1.38 bits per heavy atom. The number of aromatic hydroxyl groups is 1. The SMILES string of the molecule is O=C1NC(=O)/C(=C/c2cccc(O)c2Cl)S1. The molecule has 0 atom stereocenters. The number of amides is 2. The highest BCUT2D eigenvalue weighted by atomic mass is 35.5. The van der Waals surface area contributed by atoms with Crippen LogP contribution in [-0.4, -0.2) is 16.3 Å². The van der Waals surface area contributed by atoms with Gasteiger partial charge in [0.25, 0.3) is 11.1 Å². The first kappa shape index (κ1) is 11.0. The zero-order valence-electron chi connectivity index (χ0n) is 7.86. The molecule has 1 aromatic carbocycles. The number of thioether (sulfide) groups is 1. The number of imide groups is 1. The second kappa shape index (κ2) is 4.19. The first-order chi connectivity index (χ1) is 7.58. The maximum absolute atomic E-state index is 11.3. The highest BCUT2D eigenvalue weighted by Gasteiger charge is 2.25. The van der Waals surface area contributed by atoms with Crippen LogP contribution in [0, 0.1) is 0 Å². The lowest BCUT2D eigenvalue weighted by atomic mass is 10.2. The molecular formula is C10H6ClNO3S. The molecule has 0 aliphatic carbocycles. The highest BCUT2D eigenvalue weighted by molar-refractivity contribution is 8.18. The molecule has 4 nitrogen and oxygen atoms in total. The number of halogens is 1. The molecule has 1 saturated heterocycles. The zero-order chi connectivity index (χ0) is 11.7. The van der Waals surface area contributed by atoms with Gasteiger partial charge in [0.2, 0.25) is 0 Å². The molecule has 0 aromatic heterocycles. The van der Waals surface area contributed by atoms with Gasteiger partial charge in [0.15, 0.2) is 0 Å². The van der Waals surface area contributed by atoms with Crippen molar-refractivity contribution in [2.75, 3.05) is 0 Å². The van der Waals surface area contributed by atoms with Crippen molar-refractivity contribution < 1.29 is 14.7 Å². The Hall–Kier alpha value is -1.46. The van der Waals surface area contributed by atoms with Crippen LogP contribution in [0.1, 0.15) is 5.56 Å². The summed E-state index contributed by atoms with van der Waals surface area (Å²) < 4.78 is 0. The summed E-state index contributed by atoms with van der Waals surface area (Å²) in [7, 11) is 0. The van der Waals surface area contributed by atoms with Crippen LogP contribution in [0.25, 0.3) is 6.08 Å². The van der Waals surface area contributed by atoms with E-state index in [1.54, 1.807) is 12.1 Å². The topological polar surface area (TPSA) is 66.4 Å². The maximum Gasteiger partial charge on any atom is 0.290 e. The molecule has 2 rings (SSSR count). The van der Waals surface area contributed by atoms with Crippen molar-refractivity contribution in [2.45, 2.75) is 0 Å². The van der Waals surface area contributed by atoms with E-state index < -0.39 is 11.1 Å². The summed E-state index contributed by atoms with van der Waals surface area (Å²) in [5.74, 6) is -0.514. The second-order valence-electron chi connectivity index (χ2n) is 3.03. The van der Waals surface area contributed by atoms with Gasteiger partial charge >= 0.3 is 0 Å². The van der Waals surface area contributed by atoms with E-state index in [0.717, 1.165) is 11.8 Å². The summed E-state index contributed by atoms with van der Waals surface area (Å²) in [4.78, 5) is 22.4. The number of benzene rings is 1. The predicted molar refractivity (Wildman–Crippen MR) is 62.2 cm³/mol. The van der Waals surface area contributed by atoms with E-state index in [1.165, 1.54) is 12.1 Å². The summed E-state index contributed by atoms with van der Waals surface area (Å²) in [5.41, 5.74) is 0.494. The van der Waals surface area contributed by atoms with Crippen molar-refractivity contribution in [3.63, 3.8) is 0 Å². The van der Waals surface area contributed by atoms with Gasteiger partial charge in [-0.1, -0.05) is 23.7 Å². The number of rotatable bonds is 1. The number of hydrogen-bond donors (Lipinski definition) is 2. The molecule has 16 heavy (non-hydrogen) atoms. The van der Waals surface area contributed by atoms with E-state index in [-0.39, 0.29) is 15.7 Å². The van der Waals surface area contributed by atoms with Crippen molar-refractivity contribution in [1.29, 1.82) is 0 Å². The lowest BCUT2D eigenvalue weighted by Crippen LogP contribution is -2.17. The van der Waals surface area contributed by atoms with Crippen LogP contribution >= 0.6 is 23.4 Å². The number of carbonyl (C=O) groups excluding carboxylic acids is 2. The number of carbonyl (C=O) groups is 2. The van der Waals surface area contributed by atoms with Crippen LogP contribution in [0.3, 0.4) is 0 Å². The summed E-state index contributed by atoms with van der Waals surface area (Å²) in [6.45, 7) is 0. The molecule has 1 aromatic rings. The average molecular weight is 256 g/mol. The Bertz CT molecular complexity index is 513. The van der Waals surface area contributed by atoms with Gasteiger partial charge in [-0.2, -0.15) is 0 Å². The minimum Gasteiger partial charge on any atom is -0.506 e. The quantitative estimate of drug-likeness (QED) is 0.756. The molecule has 0 unspecified atom stereocenters. The molecule has 6 heteroatoms. The summed E-state index contributed by atoms with van der Waals surface area (Å²) in [6, 6.07) is 4.69. The van der Waals surface area contributed by atoms with Crippen molar-refractivity contribution >= 4 is 40.6 Å². The summed E-state index contributed by atoms with van der Waals surface area (Å²) >= 11 is 6.64. The van der Waals surface area contributed by atoms with Gasteiger partial charge in [-0.15, -0.1) is 0 Å². The molecule has 1 fully saturated rings. The minimum atomic E-state index is -0.450. The van der Waals surface area contributed by atoms with Crippen molar-refractivity contribution in [1.82, 2.24) is 5.32 Å². The molecule has 0 spiro atoms. The van der Waals surface area contributed by atoms with Crippen LogP contribution in [0.4, 0.5) is 4.79 Å². The number of phenolic OH excluding ortho intramolecular Hbond substituents is 1. The Kier molecular flexibility index (Phi) is 2.89. The van der Waals surface area contributed by atoms with E-state index in [4.69, 9.17) is 11.6 Å². The fourth-order valence-corrected chi connectivity index (χ4v) is 2.06. The summed E-state index contributed by atoms with van der Waals surface area (Å²) in [5, 5.41) is 11.2. The molecule has 0 radical (unpaired) electrons. The first-order valence-corrected chi connectivity index (χ1v) is 5.49. The van der Waals surface area contributed by atoms with Gasteiger partial charge < -0.3 is 5.11 Å². The van der Waals surface area contributed by atoms with E-state index in [2.05, 4.69) is 5.32 Å². The normalized spacial score (nSPS) is 17.9. The molecule has 2 amide bonds.